The van der Waals surface area contributed by atoms with Gasteiger partial charge in [-0.2, -0.15) is 0 Å². The molecule has 21 heavy (non-hydrogen) atoms. The lowest BCUT2D eigenvalue weighted by Gasteiger charge is -2.40. The highest BCUT2D eigenvalue weighted by atomic mass is 16.5. The highest BCUT2D eigenvalue weighted by Gasteiger charge is 2.35. The third-order valence-electron chi connectivity index (χ3n) is 4.18. The second kappa shape index (κ2) is 6.64. The molecule has 2 fully saturated rings. The van der Waals surface area contributed by atoms with Gasteiger partial charge in [0.15, 0.2) is 0 Å². The number of carboxylic acid groups (broad SMARTS) is 1. The summed E-state index contributed by atoms with van der Waals surface area (Å²) in [6.45, 7) is 6.95. The van der Waals surface area contributed by atoms with Crippen LogP contribution in [0.1, 0.15) is 40.0 Å². The van der Waals surface area contributed by atoms with Crippen molar-refractivity contribution < 1.29 is 19.4 Å². The maximum absolute atomic E-state index is 12.2. The van der Waals surface area contributed by atoms with Crippen LogP contribution in [0.25, 0.3) is 0 Å². The predicted molar refractivity (Wildman–Crippen MR) is 78.0 cm³/mol. The molecular formula is C15H26N2O4. The minimum atomic E-state index is -0.812. The molecule has 1 heterocycles. The lowest BCUT2D eigenvalue weighted by molar-refractivity contribution is -0.143. The number of hydrogen-bond acceptors (Lipinski definition) is 3. The van der Waals surface area contributed by atoms with E-state index in [0.717, 1.165) is 12.8 Å². The van der Waals surface area contributed by atoms with Gasteiger partial charge in [-0.05, 0) is 39.0 Å². The molecule has 0 bridgehead atoms. The Labute approximate surface area is 125 Å². The highest BCUT2D eigenvalue weighted by Crippen LogP contribution is 2.26. The van der Waals surface area contributed by atoms with Crippen molar-refractivity contribution in [3.63, 3.8) is 0 Å². The summed E-state index contributed by atoms with van der Waals surface area (Å²) in [6.07, 6.45) is 2.78. The van der Waals surface area contributed by atoms with E-state index in [4.69, 9.17) is 9.84 Å². The molecule has 0 aromatic carbocycles. The Balaban J connectivity index is 1.77. The van der Waals surface area contributed by atoms with Gasteiger partial charge >= 0.3 is 12.0 Å². The average Bonchev–Trinajstić information content (AvgIpc) is 2.34. The van der Waals surface area contributed by atoms with Crippen LogP contribution < -0.4 is 5.32 Å². The number of ether oxygens (including phenoxy) is 1. The fourth-order valence-electron chi connectivity index (χ4n) is 3.14. The maximum atomic E-state index is 12.2. The van der Waals surface area contributed by atoms with Gasteiger partial charge in [-0.15, -0.1) is 0 Å². The minimum Gasteiger partial charge on any atom is -0.481 e. The molecular weight excluding hydrogens is 272 g/mol. The number of urea groups is 1. The van der Waals surface area contributed by atoms with Gasteiger partial charge in [0, 0.05) is 19.1 Å². The standard InChI is InChI=1S/C15H26N2O4/c1-9(2)21-13-5-12(6-13)16-15(20)17-7-10(3)4-11(8-17)14(18)19/h9-13H,4-8H2,1-3H3,(H,16,20)(H,18,19). The lowest BCUT2D eigenvalue weighted by atomic mass is 9.88. The van der Waals surface area contributed by atoms with Gasteiger partial charge in [0.2, 0.25) is 0 Å². The molecule has 1 saturated heterocycles. The minimum absolute atomic E-state index is 0.138. The first-order valence-electron chi connectivity index (χ1n) is 7.78. The molecule has 6 nitrogen and oxygen atoms in total. The van der Waals surface area contributed by atoms with Gasteiger partial charge in [0.1, 0.15) is 0 Å². The first-order valence-corrected chi connectivity index (χ1v) is 7.78. The fourth-order valence-corrected chi connectivity index (χ4v) is 3.14. The van der Waals surface area contributed by atoms with Crippen LogP contribution >= 0.6 is 0 Å². The Bertz CT molecular complexity index is 393. The molecule has 2 unspecified atom stereocenters. The number of nitrogens with one attached hydrogen (secondary N) is 1. The van der Waals surface area contributed by atoms with E-state index >= 15 is 0 Å². The molecule has 6 heteroatoms. The van der Waals surface area contributed by atoms with E-state index in [1.54, 1.807) is 4.90 Å². The maximum Gasteiger partial charge on any atom is 0.317 e. The Morgan fingerprint density at radius 3 is 2.48 bits per heavy atom. The summed E-state index contributed by atoms with van der Waals surface area (Å²) in [4.78, 5) is 25.0. The molecule has 1 saturated carbocycles. The van der Waals surface area contributed by atoms with Gasteiger partial charge in [0.25, 0.3) is 0 Å². The number of piperidine rings is 1. The summed E-state index contributed by atoms with van der Waals surface area (Å²) in [6, 6.07) is 0.0163. The van der Waals surface area contributed by atoms with Crippen molar-refractivity contribution in [2.75, 3.05) is 13.1 Å². The quantitative estimate of drug-likeness (QED) is 0.828. The summed E-state index contributed by atoms with van der Waals surface area (Å²) >= 11 is 0. The first kappa shape index (κ1) is 16.1. The largest absolute Gasteiger partial charge is 0.481 e. The number of hydrogen-bond donors (Lipinski definition) is 2. The van der Waals surface area contributed by atoms with E-state index in [9.17, 15) is 9.59 Å². The second-order valence-corrected chi connectivity index (χ2v) is 6.71. The second-order valence-electron chi connectivity index (χ2n) is 6.71. The van der Waals surface area contributed by atoms with Crippen LogP contribution in [0, 0.1) is 11.8 Å². The first-order chi connectivity index (χ1) is 9.85. The SMILES string of the molecule is CC1CC(C(=O)O)CN(C(=O)NC2CC(OC(C)C)C2)C1. The number of rotatable bonds is 4. The van der Waals surface area contributed by atoms with Crippen molar-refractivity contribution in [2.45, 2.75) is 58.3 Å². The molecule has 2 rings (SSSR count). The molecule has 2 amide bonds. The molecule has 0 aromatic heterocycles. The Morgan fingerprint density at radius 1 is 1.24 bits per heavy atom. The lowest BCUT2D eigenvalue weighted by Crippen LogP contribution is -2.55. The number of carbonyl (C=O) groups excluding carboxylic acids is 1. The molecule has 2 N–H and O–H groups in total. The van der Waals surface area contributed by atoms with Gasteiger partial charge in [0.05, 0.1) is 18.1 Å². The number of amides is 2. The van der Waals surface area contributed by atoms with Crippen LogP contribution in [0.5, 0.6) is 0 Å². The fraction of sp³-hybridized carbons (Fsp3) is 0.867. The van der Waals surface area contributed by atoms with Crippen molar-refractivity contribution in [3.05, 3.63) is 0 Å². The molecule has 2 atom stereocenters. The number of carbonyl (C=O) groups is 2. The van der Waals surface area contributed by atoms with Gasteiger partial charge in [-0.1, -0.05) is 6.92 Å². The van der Waals surface area contributed by atoms with E-state index in [1.165, 1.54) is 0 Å². The molecule has 1 aliphatic heterocycles. The Hall–Kier alpha value is -1.30. The summed E-state index contributed by atoms with van der Waals surface area (Å²) in [7, 11) is 0. The zero-order valence-corrected chi connectivity index (χ0v) is 13.0. The number of carboxylic acids is 1. The van der Waals surface area contributed by atoms with Gasteiger partial charge in [-0.3, -0.25) is 4.79 Å². The number of likely N-dealkylation sites (tertiary alicyclic amines) is 1. The molecule has 2 aliphatic rings. The number of aliphatic carboxylic acids is 1. The molecule has 120 valence electrons. The zero-order chi connectivity index (χ0) is 15.6. The average molecular weight is 298 g/mol. The third-order valence-corrected chi connectivity index (χ3v) is 4.18. The molecule has 1 aliphatic carbocycles. The third kappa shape index (κ3) is 4.33. The van der Waals surface area contributed by atoms with Crippen molar-refractivity contribution in [1.29, 1.82) is 0 Å². The van der Waals surface area contributed by atoms with E-state index in [2.05, 4.69) is 5.32 Å². The van der Waals surface area contributed by atoms with Crippen LogP contribution in [0.2, 0.25) is 0 Å². The summed E-state index contributed by atoms with van der Waals surface area (Å²) in [5, 5.41) is 12.1. The highest BCUT2D eigenvalue weighted by molar-refractivity contribution is 5.77. The Kier molecular flexibility index (Phi) is 5.08. The van der Waals surface area contributed by atoms with Crippen molar-refractivity contribution in [1.82, 2.24) is 10.2 Å². The van der Waals surface area contributed by atoms with Crippen LogP contribution in [-0.4, -0.2) is 53.3 Å². The van der Waals surface area contributed by atoms with Crippen LogP contribution in [0.4, 0.5) is 4.79 Å². The normalized spacial score (nSPS) is 32.7. The molecule has 0 spiro atoms. The van der Waals surface area contributed by atoms with E-state index in [0.29, 0.717) is 19.5 Å². The summed E-state index contributed by atoms with van der Waals surface area (Å²) in [5.74, 6) is -1.03. The summed E-state index contributed by atoms with van der Waals surface area (Å²) in [5.41, 5.74) is 0. The van der Waals surface area contributed by atoms with Crippen LogP contribution in [0.15, 0.2) is 0 Å². The number of nitrogens with zero attached hydrogens (tertiary/aromatic N) is 1. The predicted octanol–water partition coefficient (Wildman–Crippen LogP) is 1.69. The monoisotopic (exact) mass is 298 g/mol. The molecule has 0 radical (unpaired) electrons. The van der Waals surface area contributed by atoms with Gasteiger partial charge < -0.3 is 20.1 Å². The van der Waals surface area contributed by atoms with E-state index in [1.807, 2.05) is 20.8 Å². The smallest absolute Gasteiger partial charge is 0.317 e. The topological polar surface area (TPSA) is 78.9 Å². The van der Waals surface area contributed by atoms with Crippen LogP contribution in [0.3, 0.4) is 0 Å². The van der Waals surface area contributed by atoms with E-state index in [-0.39, 0.29) is 30.2 Å². The summed E-state index contributed by atoms with van der Waals surface area (Å²) < 4.78 is 5.67. The van der Waals surface area contributed by atoms with Crippen molar-refractivity contribution in [2.24, 2.45) is 11.8 Å². The zero-order valence-electron chi connectivity index (χ0n) is 13.0. The van der Waals surface area contributed by atoms with Crippen LogP contribution in [-0.2, 0) is 9.53 Å². The van der Waals surface area contributed by atoms with Crippen molar-refractivity contribution >= 4 is 12.0 Å². The molecule has 0 aromatic rings. The van der Waals surface area contributed by atoms with Crippen molar-refractivity contribution in [3.8, 4) is 0 Å². The Morgan fingerprint density at radius 2 is 1.90 bits per heavy atom. The van der Waals surface area contributed by atoms with E-state index < -0.39 is 11.9 Å². The van der Waals surface area contributed by atoms with Gasteiger partial charge in [-0.25, -0.2) is 4.79 Å².